The molecule has 2 aromatic rings. The zero-order valence-electron chi connectivity index (χ0n) is 13.8. The van der Waals surface area contributed by atoms with Gasteiger partial charge in [0.05, 0.1) is 11.1 Å². The molecular formula is C18H19BrClNO4. The van der Waals surface area contributed by atoms with Gasteiger partial charge in [0.1, 0.15) is 18.1 Å². The van der Waals surface area contributed by atoms with Gasteiger partial charge in [0.2, 0.25) is 0 Å². The number of carbonyl (C=O) groups excluding carboxylic acids is 1. The molecule has 0 spiro atoms. The monoisotopic (exact) mass is 427 g/mol. The lowest BCUT2D eigenvalue weighted by molar-refractivity contribution is -0.118. The fourth-order valence-electron chi connectivity index (χ4n) is 1.96. The summed E-state index contributed by atoms with van der Waals surface area (Å²) in [6.07, 6.45) is 0. The first-order valence-corrected chi connectivity index (χ1v) is 8.94. The standard InChI is InChI=1S/C18H19BrClNO4/c1-2-23-8-9-24-15-5-3-4-14(11-15)21-18(22)12-25-17-7-6-13(20)10-16(17)19/h3-7,10-11H,2,8-9,12H2,1H3,(H,21,22). The lowest BCUT2D eigenvalue weighted by Gasteiger charge is -2.11. The van der Waals surface area contributed by atoms with Crippen LogP contribution in [-0.2, 0) is 9.53 Å². The number of hydrogen-bond acceptors (Lipinski definition) is 4. The van der Waals surface area contributed by atoms with Gasteiger partial charge in [0.15, 0.2) is 6.61 Å². The van der Waals surface area contributed by atoms with E-state index in [9.17, 15) is 4.79 Å². The van der Waals surface area contributed by atoms with E-state index >= 15 is 0 Å². The fraction of sp³-hybridized carbons (Fsp3) is 0.278. The average molecular weight is 429 g/mol. The topological polar surface area (TPSA) is 56.8 Å². The molecule has 0 aliphatic rings. The molecule has 0 bridgehead atoms. The van der Waals surface area contributed by atoms with Gasteiger partial charge in [-0.2, -0.15) is 0 Å². The second-order valence-corrected chi connectivity index (χ2v) is 6.28. The van der Waals surface area contributed by atoms with Crippen molar-refractivity contribution in [1.29, 1.82) is 0 Å². The summed E-state index contributed by atoms with van der Waals surface area (Å²) in [5.74, 6) is 0.944. The summed E-state index contributed by atoms with van der Waals surface area (Å²) in [6.45, 7) is 3.45. The fourth-order valence-corrected chi connectivity index (χ4v) is 2.76. The Morgan fingerprint density at radius 2 is 2.00 bits per heavy atom. The largest absolute Gasteiger partial charge is 0.491 e. The Kier molecular flexibility index (Phi) is 8.04. The van der Waals surface area contributed by atoms with Gasteiger partial charge >= 0.3 is 0 Å². The van der Waals surface area contributed by atoms with E-state index in [-0.39, 0.29) is 12.5 Å². The van der Waals surface area contributed by atoms with Gasteiger partial charge in [-0.15, -0.1) is 0 Å². The summed E-state index contributed by atoms with van der Waals surface area (Å²) in [5, 5.41) is 3.36. The average Bonchev–Trinajstić information content (AvgIpc) is 2.58. The van der Waals surface area contributed by atoms with Crippen LogP contribution in [0.1, 0.15) is 6.92 Å². The van der Waals surface area contributed by atoms with Crippen LogP contribution in [0.4, 0.5) is 5.69 Å². The van der Waals surface area contributed by atoms with Crippen LogP contribution in [0.15, 0.2) is 46.9 Å². The maximum Gasteiger partial charge on any atom is 0.262 e. The number of carbonyl (C=O) groups is 1. The van der Waals surface area contributed by atoms with Crippen molar-refractivity contribution in [1.82, 2.24) is 0 Å². The van der Waals surface area contributed by atoms with Crippen molar-refractivity contribution in [3.05, 3.63) is 52.0 Å². The van der Waals surface area contributed by atoms with Gasteiger partial charge in [0, 0.05) is 23.4 Å². The molecule has 1 N–H and O–H groups in total. The highest BCUT2D eigenvalue weighted by molar-refractivity contribution is 9.10. The highest BCUT2D eigenvalue weighted by Gasteiger charge is 2.07. The Bertz CT molecular complexity index is 711. The van der Waals surface area contributed by atoms with Crippen LogP contribution in [0.2, 0.25) is 5.02 Å². The summed E-state index contributed by atoms with van der Waals surface area (Å²) in [7, 11) is 0. The molecule has 2 rings (SSSR count). The maximum absolute atomic E-state index is 12.0. The van der Waals surface area contributed by atoms with Crippen molar-refractivity contribution >= 4 is 39.1 Å². The number of rotatable bonds is 9. The molecule has 0 aromatic heterocycles. The Morgan fingerprint density at radius 1 is 1.16 bits per heavy atom. The molecule has 0 aliphatic heterocycles. The zero-order chi connectivity index (χ0) is 18.1. The van der Waals surface area contributed by atoms with E-state index in [0.29, 0.717) is 46.5 Å². The van der Waals surface area contributed by atoms with E-state index in [0.717, 1.165) is 0 Å². The van der Waals surface area contributed by atoms with E-state index in [1.54, 1.807) is 30.3 Å². The predicted octanol–water partition coefficient (Wildman–Crippen LogP) is 4.54. The van der Waals surface area contributed by atoms with Crippen molar-refractivity contribution in [2.24, 2.45) is 0 Å². The van der Waals surface area contributed by atoms with E-state index in [1.165, 1.54) is 0 Å². The molecule has 1 amide bonds. The number of hydrogen-bond donors (Lipinski definition) is 1. The molecule has 7 heteroatoms. The zero-order valence-corrected chi connectivity index (χ0v) is 16.1. The molecule has 0 saturated heterocycles. The SMILES string of the molecule is CCOCCOc1cccc(NC(=O)COc2ccc(Cl)cc2Br)c1. The van der Waals surface area contributed by atoms with Crippen molar-refractivity contribution in [3.63, 3.8) is 0 Å². The molecule has 2 aromatic carbocycles. The number of nitrogens with one attached hydrogen (secondary N) is 1. The van der Waals surface area contributed by atoms with Gasteiger partial charge in [-0.3, -0.25) is 4.79 Å². The van der Waals surface area contributed by atoms with E-state index in [4.69, 9.17) is 25.8 Å². The molecule has 0 unspecified atom stereocenters. The van der Waals surface area contributed by atoms with E-state index < -0.39 is 0 Å². The lowest BCUT2D eigenvalue weighted by Crippen LogP contribution is -2.20. The normalized spacial score (nSPS) is 10.4. The molecule has 134 valence electrons. The molecule has 0 atom stereocenters. The molecular weight excluding hydrogens is 410 g/mol. The number of anilines is 1. The summed E-state index contributed by atoms with van der Waals surface area (Å²) >= 11 is 9.21. The van der Waals surface area contributed by atoms with Gasteiger partial charge in [0.25, 0.3) is 5.91 Å². The van der Waals surface area contributed by atoms with Gasteiger partial charge in [-0.1, -0.05) is 17.7 Å². The van der Waals surface area contributed by atoms with Crippen molar-refractivity contribution in [2.75, 3.05) is 31.7 Å². The molecule has 25 heavy (non-hydrogen) atoms. The van der Waals surface area contributed by atoms with Crippen LogP contribution < -0.4 is 14.8 Å². The van der Waals surface area contributed by atoms with Crippen LogP contribution in [0.3, 0.4) is 0 Å². The smallest absolute Gasteiger partial charge is 0.262 e. The Hall–Kier alpha value is -1.76. The second-order valence-electron chi connectivity index (χ2n) is 4.98. The van der Waals surface area contributed by atoms with Crippen molar-refractivity contribution in [2.45, 2.75) is 6.92 Å². The third-order valence-corrected chi connectivity index (χ3v) is 3.93. The summed E-state index contributed by atoms with van der Waals surface area (Å²) in [4.78, 5) is 12.0. The number of benzene rings is 2. The van der Waals surface area contributed by atoms with Crippen LogP contribution in [0.5, 0.6) is 11.5 Å². The van der Waals surface area contributed by atoms with Gasteiger partial charge < -0.3 is 19.5 Å². The Labute approximate surface area is 160 Å². The first-order chi connectivity index (χ1) is 12.1. The summed E-state index contributed by atoms with van der Waals surface area (Å²) < 4.78 is 17.0. The number of ether oxygens (including phenoxy) is 3. The molecule has 0 saturated carbocycles. The van der Waals surface area contributed by atoms with E-state index in [2.05, 4.69) is 21.2 Å². The molecule has 0 heterocycles. The summed E-state index contributed by atoms with van der Waals surface area (Å²) in [6, 6.07) is 12.3. The highest BCUT2D eigenvalue weighted by atomic mass is 79.9. The summed E-state index contributed by atoms with van der Waals surface area (Å²) in [5.41, 5.74) is 0.637. The molecule has 5 nitrogen and oxygen atoms in total. The van der Waals surface area contributed by atoms with Crippen LogP contribution in [0, 0.1) is 0 Å². The Balaban J connectivity index is 1.83. The third-order valence-electron chi connectivity index (χ3n) is 3.07. The van der Waals surface area contributed by atoms with Crippen LogP contribution in [0.25, 0.3) is 0 Å². The van der Waals surface area contributed by atoms with Crippen LogP contribution in [-0.4, -0.2) is 32.3 Å². The molecule has 0 aliphatic carbocycles. The highest BCUT2D eigenvalue weighted by Crippen LogP contribution is 2.28. The Morgan fingerprint density at radius 3 is 2.76 bits per heavy atom. The lowest BCUT2D eigenvalue weighted by atomic mass is 10.3. The van der Waals surface area contributed by atoms with E-state index in [1.807, 2.05) is 19.1 Å². The minimum Gasteiger partial charge on any atom is -0.491 e. The number of halogens is 2. The maximum atomic E-state index is 12.0. The van der Waals surface area contributed by atoms with Crippen molar-refractivity contribution < 1.29 is 19.0 Å². The molecule has 0 radical (unpaired) electrons. The van der Waals surface area contributed by atoms with Gasteiger partial charge in [-0.25, -0.2) is 0 Å². The quantitative estimate of drug-likeness (QED) is 0.596. The van der Waals surface area contributed by atoms with Crippen molar-refractivity contribution in [3.8, 4) is 11.5 Å². The third kappa shape index (κ3) is 6.94. The minimum absolute atomic E-state index is 0.115. The van der Waals surface area contributed by atoms with Gasteiger partial charge in [-0.05, 0) is 53.2 Å². The first-order valence-electron chi connectivity index (χ1n) is 7.77. The molecule has 0 fully saturated rings. The second kappa shape index (κ2) is 10.3. The minimum atomic E-state index is -0.270. The first kappa shape index (κ1) is 19.6. The number of amides is 1. The van der Waals surface area contributed by atoms with Crippen LogP contribution >= 0.6 is 27.5 Å². The predicted molar refractivity (Wildman–Crippen MR) is 102 cm³/mol.